The number of hydrazine groups is 1. The van der Waals surface area contributed by atoms with Gasteiger partial charge in [-0.1, -0.05) is 43.0 Å². The van der Waals surface area contributed by atoms with Crippen molar-refractivity contribution in [3.63, 3.8) is 0 Å². The Morgan fingerprint density at radius 3 is 2.75 bits per heavy atom. The number of hydrogen-bond acceptors (Lipinski definition) is 5. The molecule has 0 spiro atoms. The Hall–Kier alpha value is -3.25. The molecule has 2 aromatic carbocycles. The predicted molar refractivity (Wildman–Crippen MR) is 105 cm³/mol. The lowest BCUT2D eigenvalue weighted by Gasteiger charge is -2.31. The first kappa shape index (κ1) is 16.9. The van der Waals surface area contributed by atoms with Gasteiger partial charge in [0.05, 0.1) is 12.6 Å². The highest BCUT2D eigenvalue weighted by Gasteiger charge is 2.40. The van der Waals surface area contributed by atoms with Crippen LogP contribution in [0, 0.1) is 0 Å². The van der Waals surface area contributed by atoms with Gasteiger partial charge in [0.1, 0.15) is 6.04 Å². The van der Waals surface area contributed by atoms with Crippen molar-refractivity contribution in [3.8, 4) is 11.5 Å². The highest BCUT2D eigenvalue weighted by molar-refractivity contribution is 5.84. The van der Waals surface area contributed by atoms with Gasteiger partial charge in [0, 0.05) is 12.4 Å². The Labute approximate surface area is 163 Å². The molecule has 1 fully saturated rings. The smallest absolute Gasteiger partial charge is 0.251 e. The molecule has 28 heavy (non-hydrogen) atoms. The van der Waals surface area contributed by atoms with Crippen molar-refractivity contribution in [1.82, 2.24) is 15.3 Å². The summed E-state index contributed by atoms with van der Waals surface area (Å²) in [4.78, 5) is 14.8. The third-order valence-electron chi connectivity index (χ3n) is 5.44. The molecule has 6 heteroatoms. The summed E-state index contributed by atoms with van der Waals surface area (Å²) < 4.78 is 10.9. The second kappa shape index (κ2) is 6.73. The predicted octanol–water partition coefficient (Wildman–Crippen LogP) is 3.19. The van der Waals surface area contributed by atoms with E-state index in [1.54, 1.807) is 4.90 Å². The van der Waals surface area contributed by atoms with Crippen molar-refractivity contribution in [3.05, 3.63) is 78.1 Å². The number of nitrogens with one attached hydrogen (secondary N) is 1. The zero-order chi connectivity index (χ0) is 19.1. The Morgan fingerprint density at radius 2 is 1.93 bits per heavy atom. The maximum atomic E-state index is 13.0. The second-order valence-electron chi connectivity index (χ2n) is 7.16. The molecule has 1 N–H and O–H groups in total. The lowest BCUT2D eigenvalue weighted by Crippen LogP contribution is -2.47. The van der Waals surface area contributed by atoms with Crippen LogP contribution < -0.4 is 14.9 Å². The molecule has 0 aliphatic carbocycles. The van der Waals surface area contributed by atoms with E-state index < -0.39 is 0 Å². The third-order valence-corrected chi connectivity index (χ3v) is 5.44. The molecule has 2 aromatic rings. The lowest BCUT2D eigenvalue weighted by molar-refractivity contribution is -0.134. The summed E-state index contributed by atoms with van der Waals surface area (Å²) in [5.74, 6) is 1.63. The van der Waals surface area contributed by atoms with Crippen molar-refractivity contribution in [1.29, 1.82) is 0 Å². The van der Waals surface area contributed by atoms with Crippen LogP contribution >= 0.6 is 0 Å². The molecular weight excluding hydrogens is 354 g/mol. The number of rotatable bonds is 4. The highest BCUT2D eigenvalue weighted by atomic mass is 16.7. The summed E-state index contributed by atoms with van der Waals surface area (Å²) in [6, 6.07) is 13.9. The first-order chi connectivity index (χ1) is 13.7. The van der Waals surface area contributed by atoms with Crippen LogP contribution in [0.2, 0.25) is 0 Å². The minimum atomic E-state index is -0.215. The van der Waals surface area contributed by atoms with E-state index in [4.69, 9.17) is 9.47 Å². The van der Waals surface area contributed by atoms with E-state index in [0.29, 0.717) is 13.0 Å². The normalized spacial score (nSPS) is 22.5. The number of amides is 1. The molecule has 3 aliphatic heterocycles. The molecule has 1 saturated heterocycles. The molecule has 3 heterocycles. The van der Waals surface area contributed by atoms with Crippen molar-refractivity contribution >= 4 is 12.0 Å². The summed E-state index contributed by atoms with van der Waals surface area (Å²) in [5, 5.41) is 1.91. The minimum Gasteiger partial charge on any atom is -0.454 e. The quantitative estimate of drug-likeness (QED) is 0.890. The summed E-state index contributed by atoms with van der Waals surface area (Å²) in [7, 11) is 0. The fourth-order valence-corrected chi connectivity index (χ4v) is 3.87. The largest absolute Gasteiger partial charge is 0.454 e. The Kier molecular flexibility index (Phi) is 4.06. The maximum absolute atomic E-state index is 13.0. The zero-order valence-electron chi connectivity index (χ0n) is 15.4. The van der Waals surface area contributed by atoms with Gasteiger partial charge in [0.25, 0.3) is 5.91 Å². The Morgan fingerprint density at radius 1 is 1.11 bits per heavy atom. The van der Waals surface area contributed by atoms with Gasteiger partial charge >= 0.3 is 0 Å². The first-order valence-corrected chi connectivity index (χ1v) is 9.35. The summed E-state index contributed by atoms with van der Waals surface area (Å²) in [5.41, 5.74) is 6.68. The van der Waals surface area contributed by atoms with Gasteiger partial charge in [-0.05, 0) is 35.2 Å². The van der Waals surface area contributed by atoms with Crippen molar-refractivity contribution in [2.24, 2.45) is 0 Å². The SMILES string of the molecule is C=Cc1ccc(CN2C=CN3NC(c4ccc5c(c4)OCO5)CC3C2=O)cc1. The van der Waals surface area contributed by atoms with Crippen LogP contribution in [-0.2, 0) is 11.3 Å². The monoisotopic (exact) mass is 375 g/mol. The minimum absolute atomic E-state index is 0.0555. The average molecular weight is 375 g/mol. The van der Waals surface area contributed by atoms with Crippen LogP contribution in [0.3, 0.4) is 0 Å². The average Bonchev–Trinajstić information content (AvgIpc) is 3.37. The van der Waals surface area contributed by atoms with Crippen molar-refractivity contribution < 1.29 is 14.3 Å². The molecule has 2 unspecified atom stereocenters. The standard InChI is InChI=1S/C22H21N3O3/c1-2-15-3-5-16(6-4-15)13-24-9-10-25-19(22(24)26)12-18(23-25)17-7-8-20-21(11-17)28-14-27-20/h2-11,18-19,23H,1,12-14H2. The van der Waals surface area contributed by atoms with Crippen LogP contribution in [0.1, 0.15) is 29.2 Å². The summed E-state index contributed by atoms with van der Waals surface area (Å²) >= 11 is 0. The molecular formula is C22H21N3O3. The fraction of sp³-hybridized carbons (Fsp3) is 0.227. The molecule has 0 bridgehead atoms. The van der Waals surface area contributed by atoms with Crippen molar-refractivity contribution in [2.45, 2.75) is 25.0 Å². The van der Waals surface area contributed by atoms with E-state index in [2.05, 4.69) is 12.0 Å². The summed E-state index contributed by atoms with van der Waals surface area (Å²) in [6.07, 6.45) is 6.30. The van der Waals surface area contributed by atoms with Gasteiger partial charge in [0.2, 0.25) is 6.79 Å². The van der Waals surface area contributed by atoms with Gasteiger partial charge in [-0.25, -0.2) is 5.43 Å². The Bertz CT molecular complexity index is 954. The molecule has 2 atom stereocenters. The number of hydrogen-bond donors (Lipinski definition) is 1. The van der Waals surface area contributed by atoms with Crippen LogP contribution in [0.5, 0.6) is 11.5 Å². The van der Waals surface area contributed by atoms with Crippen molar-refractivity contribution in [2.75, 3.05) is 6.79 Å². The van der Waals surface area contributed by atoms with Gasteiger partial charge in [-0.2, -0.15) is 0 Å². The van der Waals surface area contributed by atoms with Gasteiger partial charge in [0.15, 0.2) is 11.5 Å². The van der Waals surface area contributed by atoms with E-state index >= 15 is 0 Å². The van der Waals surface area contributed by atoms with Crippen LogP contribution in [0.15, 0.2) is 61.4 Å². The molecule has 0 radical (unpaired) electrons. The number of nitrogens with zero attached hydrogens (tertiary/aromatic N) is 2. The molecule has 1 amide bonds. The molecule has 0 aromatic heterocycles. The maximum Gasteiger partial charge on any atom is 0.251 e. The molecule has 3 aliphatic rings. The zero-order valence-corrected chi connectivity index (χ0v) is 15.4. The number of carbonyl (C=O) groups is 1. The van der Waals surface area contributed by atoms with Crippen LogP contribution in [0.25, 0.3) is 6.08 Å². The highest BCUT2D eigenvalue weighted by Crippen LogP contribution is 2.37. The fourth-order valence-electron chi connectivity index (χ4n) is 3.87. The third kappa shape index (κ3) is 2.92. The van der Waals surface area contributed by atoms with E-state index in [0.717, 1.165) is 28.2 Å². The Balaban J connectivity index is 1.30. The van der Waals surface area contributed by atoms with Crippen LogP contribution in [0.4, 0.5) is 0 Å². The number of benzene rings is 2. The number of ether oxygens (including phenoxy) is 2. The molecule has 5 rings (SSSR count). The lowest BCUT2D eigenvalue weighted by atomic mass is 10.0. The molecule has 0 saturated carbocycles. The summed E-state index contributed by atoms with van der Waals surface area (Å²) in [6.45, 7) is 4.59. The number of carbonyl (C=O) groups excluding carboxylic acids is 1. The molecule has 6 nitrogen and oxygen atoms in total. The molecule has 142 valence electrons. The van der Waals surface area contributed by atoms with E-state index in [1.807, 2.05) is 65.9 Å². The van der Waals surface area contributed by atoms with Crippen LogP contribution in [-0.4, -0.2) is 28.7 Å². The van der Waals surface area contributed by atoms with Gasteiger partial charge < -0.3 is 19.4 Å². The van der Waals surface area contributed by atoms with E-state index in [9.17, 15) is 4.79 Å². The van der Waals surface area contributed by atoms with Gasteiger partial charge in [-0.15, -0.1) is 0 Å². The van der Waals surface area contributed by atoms with E-state index in [1.165, 1.54) is 0 Å². The van der Waals surface area contributed by atoms with Gasteiger partial charge in [-0.3, -0.25) is 4.79 Å². The van der Waals surface area contributed by atoms with E-state index in [-0.39, 0.29) is 24.8 Å². The topological polar surface area (TPSA) is 54.0 Å². The first-order valence-electron chi connectivity index (χ1n) is 9.35. The number of fused-ring (bicyclic) bond motifs is 2. The second-order valence-corrected chi connectivity index (χ2v) is 7.16.